The molecule has 1 aliphatic heterocycles. The first-order valence-electron chi connectivity index (χ1n) is 8.55. The summed E-state index contributed by atoms with van der Waals surface area (Å²) in [6.45, 7) is 7.99. The van der Waals surface area contributed by atoms with E-state index in [1.807, 2.05) is 13.0 Å². The van der Waals surface area contributed by atoms with Gasteiger partial charge in [-0.1, -0.05) is 40.9 Å². The number of rotatable bonds is 7. The zero-order valence-corrected chi connectivity index (χ0v) is 17.1. The topological polar surface area (TPSA) is 35.5 Å². The SMILES string of the molecule is C/C(=C\COc1c(Cl)cccc1Cl)CC/C=C(\C)C1=CC(=O)C(C)(C)O1. The second-order valence-electron chi connectivity index (χ2n) is 6.82. The summed E-state index contributed by atoms with van der Waals surface area (Å²) in [5.74, 6) is 1.18. The van der Waals surface area contributed by atoms with Gasteiger partial charge in [0.05, 0.1) is 10.0 Å². The minimum atomic E-state index is -0.752. The summed E-state index contributed by atoms with van der Waals surface area (Å²) in [5, 5.41) is 1.01. The number of para-hydroxylation sites is 1. The lowest BCUT2D eigenvalue weighted by atomic mass is 10.1. The highest BCUT2D eigenvalue weighted by Gasteiger charge is 2.35. The molecule has 0 bridgehead atoms. The molecule has 1 aliphatic rings. The first-order chi connectivity index (χ1) is 12.2. The quantitative estimate of drug-likeness (QED) is 0.508. The Morgan fingerprint density at radius 2 is 1.85 bits per heavy atom. The number of allylic oxidation sites excluding steroid dienone is 3. The summed E-state index contributed by atoms with van der Waals surface area (Å²) < 4.78 is 11.4. The Balaban J connectivity index is 1.83. The van der Waals surface area contributed by atoms with Crippen molar-refractivity contribution in [2.75, 3.05) is 6.61 Å². The van der Waals surface area contributed by atoms with Crippen LogP contribution < -0.4 is 4.74 Å². The molecule has 0 fully saturated rings. The molecule has 1 aromatic rings. The van der Waals surface area contributed by atoms with E-state index in [0.29, 0.717) is 28.2 Å². The van der Waals surface area contributed by atoms with E-state index in [4.69, 9.17) is 32.7 Å². The minimum absolute atomic E-state index is 0.00621. The summed E-state index contributed by atoms with van der Waals surface area (Å²) in [5.41, 5.74) is 1.43. The fourth-order valence-electron chi connectivity index (χ4n) is 2.45. The maximum absolute atomic E-state index is 11.8. The van der Waals surface area contributed by atoms with Crippen molar-refractivity contribution in [1.29, 1.82) is 0 Å². The number of hydrogen-bond donors (Lipinski definition) is 0. The van der Waals surface area contributed by atoms with E-state index in [9.17, 15) is 4.79 Å². The lowest BCUT2D eigenvalue weighted by Gasteiger charge is -2.18. The summed E-state index contributed by atoms with van der Waals surface area (Å²) in [4.78, 5) is 11.8. The molecule has 0 aliphatic carbocycles. The maximum atomic E-state index is 11.8. The van der Waals surface area contributed by atoms with Crippen LogP contribution in [0.3, 0.4) is 0 Å². The van der Waals surface area contributed by atoms with Crippen LogP contribution in [0.1, 0.15) is 40.5 Å². The first-order valence-corrected chi connectivity index (χ1v) is 9.31. The van der Waals surface area contributed by atoms with Crippen molar-refractivity contribution in [3.63, 3.8) is 0 Å². The zero-order valence-electron chi connectivity index (χ0n) is 15.6. The first kappa shape index (κ1) is 20.6. The van der Waals surface area contributed by atoms with E-state index in [-0.39, 0.29) is 5.78 Å². The van der Waals surface area contributed by atoms with Crippen molar-refractivity contribution < 1.29 is 14.3 Å². The molecule has 0 atom stereocenters. The Morgan fingerprint density at radius 3 is 2.42 bits per heavy atom. The van der Waals surface area contributed by atoms with Gasteiger partial charge >= 0.3 is 0 Å². The molecule has 3 nitrogen and oxygen atoms in total. The molecule has 1 aromatic carbocycles. The van der Waals surface area contributed by atoms with Gasteiger partial charge in [0, 0.05) is 6.08 Å². The summed E-state index contributed by atoms with van der Waals surface area (Å²) in [7, 11) is 0. The fraction of sp³-hybridized carbons (Fsp3) is 0.381. The van der Waals surface area contributed by atoms with Crippen LogP contribution >= 0.6 is 23.2 Å². The van der Waals surface area contributed by atoms with Crippen molar-refractivity contribution in [3.8, 4) is 5.75 Å². The second kappa shape index (κ2) is 8.79. The van der Waals surface area contributed by atoms with Crippen molar-refractivity contribution in [2.24, 2.45) is 0 Å². The number of benzene rings is 1. The van der Waals surface area contributed by atoms with Gasteiger partial charge in [0.25, 0.3) is 0 Å². The van der Waals surface area contributed by atoms with Gasteiger partial charge in [-0.25, -0.2) is 0 Å². The molecule has 0 unspecified atom stereocenters. The van der Waals surface area contributed by atoms with Gasteiger partial charge in [-0.3, -0.25) is 4.79 Å². The van der Waals surface area contributed by atoms with Gasteiger partial charge in [0.15, 0.2) is 11.4 Å². The monoisotopic (exact) mass is 394 g/mol. The van der Waals surface area contributed by atoms with Gasteiger partial charge in [0.2, 0.25) is 5.78 Å². The van der Waals surface area contributed by atoms with Crippen molar-refractivity contribution >= 4 is 29.0 Å². The summed E-state index contributed by atoms with van der Waals surface area (Å²) >= 11 is 12.2. The molecular formula is C21H24Cl2O3. The van der Waals surface area contributed by atoms with Crippen LogP contribution in [0.4, 0.5) is 0 Å². The van der Waals surface area contributed by atoms with Gasteiger partial charge in [-0.15, -0.1) is 0 Å². The van der Waals surface area contributed by atoms with E-state index in [1.165, 1.54) is 5.57 Å². The highest BCUT2D eigenvalue weighted by atomic mass is 35.5. The Bertz CT molecular complexity index is 753. The summed E-state index contributed by atoms with van der Waals surface area (Å²) in [6, 6.07) is 5.28. The van der Waals surface area contributed by atoms with Crippen LogP contribution in [-0.2, 0) is 9.53 Å². The van der Waals surface area contributed by atoms with Gasteiger partial charge in [0.1, 0.15) is 12.4 Å². The number of halogens is 2. The van der Waals surface area contributed by atoms with Crippen LogP contribution in [0, 0.1) is 0 Å². The standard InChI is InChI=1S/C21H24Cl2O3/c1-14(11-12-25-20-16(22)9-6-10-17(20)23)7-5-8-15(2)18-13-19(24)21(3,4)26-18/h6,8-11,13H,5,7,12H2,1-4H3/b14-11+,15-8+. The molecule has 0 spiro atoms. The van der Waals surface area contributed by atoms with Crippen LogP contribution in [0.25, 0.3) is 0 Å². The summed E-state index contributed by atoms with van der Waals surface area (Å²) in [6.07, 6.45) is 7.43. The third kappa shape index (κ3) is 5.39. The predicted octanol–water partition coefficient (Wildman–Crippen LogP) is 6.31. The fourth-order valence-corrected chi connectivity index (χ4v) is 2.96. The normalized spacial score (nSPS) is 17.2. The number of hydrogen-bond acceptors (Lipinski definition) is 3. The van der Waals surface area contributed by atoms with Crippen LogP contribution in [0.5, 0.6) is 5.75 Å². The third-order valence-electron chi connectivity index (χ3n) is 4.18. The van der Waals surface area contributed by atoms with Crippen LogP contribution in [-0.4, -0.2) is 18.0 Å². The molecule has 0 radical (unpaired) electrons. The van der Waals surface area contributed by atoms with Gasteiger partial charge in [-0.2, -0.15) is 0 Å². The number of ether oxygens (including phenoxy) is 2. The Kier molecular flexibility index (Phi) is 6.96. The Morgan fingerprint density at radius 1 is 1.19 bits per heavy atom. The van der Waals surface area contributed by atoms with E-state index in [0.717, 1.165) is 18.4 Å². The molecule has 5 heteroatoms. The minimum Gasteiger partial charge on any atom is -0.486 e. The largest absolute Gasteiger partial charge is 0.486 e. The molecule has 140 valence electrons. The molecule has 0 aromatic heterocycles. The number of carbonyl (C=O) groups excluding carboxylic acids is 1. The highest BCUT2D eigenvalue weighted by molar-refractivity contribution is 6.37. The second-order valence-corrected chi connectivity index (χ2v) is 7.64. The average molecular weight is 395 g/mol. The van der Waals surface area contributed by atoms with E-state index < -0.39 is 5.60 Å². The lowest BCUT2D eigenvalue weighted by molar-refractivity contribution is -0.126. The van der Waals surface area contributed by atoms with Crippen LogP contribution in [0.15, 0.2) is 53.3 Å². The lowest BCUT2D eigenvalue weighted by Crippen LogP contribution is -2.27. The van der Waals surface area contributed by atoms with Crippen LogP contribution in [0.2, 0.25) is 10.0 Å². The average Bonchev–Trinajstić information content (AvgIpc) is 2.83. The Hall–Kier alpha value is -1.71. The smallest absolute Gasteiger partial charge is 0.202 e. The van der Waals surface area contributed by atoms with Crippen molar-refractivity contribution in [2.45, 2.75) is 46.1 Å². The molecule has 1 heterocycles. The van der Waals surface area contributed by atoms with Gasteiger partial charge in [-0.05, 0) is 64.3 Å². The molecular weight excluding hydrogens is 371 g/mol. The molecule has 0 amide bonds. The number of carbonyl (C=O) groups is 1. The van der Waals surface area contributed by atoms with E-state index in [2.05, 4.69) is 13.0 Å². The predicted molar refractivity (Wildman–Crippen MR) is 107 cm³/mol. The van der Waals surface area contributed by atoms with Crippen molar-refractivity contribution in [3.05, 3.63) is 63.4 Å². The zero-order chi connectivity index (χ0) is 19.3. The highest BCUT2D eigenvalue weighted by Crippen LogP contribution is 2.32. The molecule has 0 saturated carbocycles. The van der Waals surface area contributed by atoms with E-state index >= 15 is 0 Å². The molecule has 26 heavy (non-hydrogen) atoms. The Labute approximate surface area is 165 Å². The maximum Gasteiger partial charge on any atom is 0.202 e. The van der Waals surface area contributed by atoms with Gasteiger partial charge < -0.3 is 9.47 Å². The van der Waals surface area contributed by atoms with Crippen molar-refractivity contribution in [1.82, 2.24) is 0 Å². The molecule has 0 N–H and O–H groups in total. The molecule has 0 saturated heterocycles. The number of ketones is 1. The third-order valence-corrected chi connectivity index (χ3v) is 4.77. The molecule has 2 rings (SSSR count). The van der Waals surface area contributed by atoms with E-state index in [1.54, 1.807) is 38.1 Å².